The van der Waals surface area contributed by atoms with Gasteiger partial charge in [0.2, 0.25) is 5.91 Å². The number of aliphatic hydroxyl groups is 1. The average Bonchev–Trinajstić information content (AvgIpc) is 2.29. The van der Waals surface area contributed by atoms with E-state index in [1.165, 1.54) is 25.3 Å². The lowest BCUT2D eigenvalue weighted by Gasteiger charge is -2.08. The smallest absolute Gasteiger partial charge is 0.224 e. The van der Waals surface area contributed by atoms with Gasteiger partial charge in [-0.2, -0.15) is 0 Å². The fraction of sp³-hybridized carbons (Fsp3) is 0.417. The first-order valence-corrected chi connectivity index (χ1v) is 5.34. The summed E-state index contributed by atoms with van der Waals surface area (Å²) in [6, 6.07) is 4.09. The van der Waals surface area contributed by atoms with Gasteiger partial charge in [-0.3, -0.25) is 4.79 Å². The number of amides is 1. The van der Waals surface area contributed by atoms with E-state index in [2.05, 4.69) is 5.32 Å². The van der Waals surface area contributed by atoms with E-state index in [0.29, 0.717) is 12.1 Å². The van der Waals surface area contributed by atoms with Crippen LogP contribution in [0.4, 0.5) is 10.1 Å². The van der Waals surface area contributed by atoms with Gasteiger partial charge in [0, 0.05) is 18.2 Å². The van der Waals surface area contributed by atoms with Crippen LogP contribution in [-0.4, -0.2) is 24.2 Å². The quantitative estimate of drug-likeness (QED) is 0.828. The zero-order valence-corrected chi connectivity index (χ0v) is 9.87. The molecule has 0 saturated heterocycles. The number of carbonyl (C=O) groups is 1. The number of halogens is 1. The first-order chi connectivity index (χ1) is 8.02. The Labute approximate surface area is 99.4 Å². The Balaban J connectivity index is 2.59. The third-order valence-electron chi connectivity index (χ3n) is 2.22. The molecule has 1 unspecified atom stereocenters. The monoisotopic (exact) mass is 241 g/mol. The molecule has 4 nitrogen and oxygen atoms in total. The highest BCUT2D eigenvalue weighted by Crippen LogP contribution is 2.21. The molecule has 94 valence electrons. The lowest BCUT2D eigenvalue weighted by atomic mass is 10.2. The second kappa shape index (κ2) is 6.20. The molecule has 1 aromatic rings. The highest BCUT2D eigenvalue weighted by atomic mass is 19.1. The summed E-state index contributed by atoms with van der Waals surface area (Å²) >= 11 is 0. The summed E-state index contributed by atoms with van der Waals surface area (Å²) in [5.74, 6) is -0.618. The summed E-state index contributed by atoms with van der Waals surface area (Å²) in [6.45, 7) is 1.62. The Kier molecular flexibility index (Phi) is 4.90. The third-order valence-corrected chi connectivity index (χ3v) is 2.22. The molecule has 0 heterocycles. The van der Waals surface area contributed by atoms with Gasteiger partial charge in [0.25, 0.3) is 0 Å². The van der Waals surface area contributed by atoms with E-state index in [1.54, 1.807) is 6.92 Å². The Morgan fingerprint density at radius 1 is 1.59 bits per heavy atom. The number of carbonyl (C=O) groups excluding carboxylic acids is 1. The van der Waals surface area contributed by atoms with Gasteiger partial charge in [0.05, 0.1) is 13.2 Å². The van der Waals surface area contributed by atoms with Crippen molar-refractivity contribution in [2.45, 2.75) is 25.9 Å². The summed E-state index contributed by atoms with van der Waals surface area (Å²) in [4.78, 5) is 11.4. The zero-order chi connectivity index (χ0) is 12.8. The third kappa shape index (κ3) is 4.40. The molecule has 0 aliphatic heterocycles. The highest BCUT2D eigenvalue weighted by molar-refractivity contribution is 5.90. The SMILES string of the molecule is COc1cc(NC(=O)CCC(C)O)ccc1F. The van der Waals surface area contributed by atoms with E-state index in [0.717, 1.165) is 0 Å². The van der Waals surface area contributed by atoms with Crippen LogP contribution < -0.4 is 10.1 Å². The minimum atomic E-state index is -0.511. The molecular weight excluding hydrogens is 225 g/mol. The van der Waals surface area contributed by atoms with Gasteiger partial charge in [-0.25, -0.2) is 4.39 Å². The number of ether oxygens (including phenoxy) is 1. The molecule has 0 saturated carbocycles. The van der Waals surface area contributed by atoms with Crippen LogP contribution in [-0.2, 0) is 4.79 Å². The van der Waals surface area contributed by atoms with E-state index >= 15 is 0 Å². The van der Waals surface area contributed by atoms with Crippen molar-refractivity contribution in [1.82, 2.24) is 0 Å². The molecule has 2 N–H and O–H groups in total. The number of rotatable bonds is 5. The van der Waals surface area contributed by atoms with Crippen molar-refractivity contribution in [1.29, 1.82) is 0 Å². The Morgan fingerprint density at radius 2 is 2.29 bits per heavy atom. The fourth-order valence-electron chi connectivity index (χ4n) is 1.30. The van der Waals surface area contributed by atoms with E-state index < -0.39 is 11.9 Å². The molecule has 1 amide bonds. The number of nitrogens with one attached hydrogen (secondary N) is 1. The molecule has 0 bridgehead atoms. The zero-order valence-electron chi connectivity index (χ0n) is 9.87. The van der Waals surface area contributed by atoms with Crippen LogP contribution in [0.3, 0.4) is 0 Å². The first kappa shape index (κ1) is 13.4. The number of hydrogen-bond donors (Lipinski definition) is 2. The average molecular weight is 241 g/mol. The van der Waals surface area contributed by atoms with Gasteiger partial charge in [-0.05, 0) is 25.5 Å². The molecule has 1 atom stereocenters. The largest absolute Gasteiger partial charge is 0.494 e. The van der Waals surface area contributed by atoms with Gasteiger partial charge in [-0.15, -0.1) is 0 Å². The molecule has 17 heavy (non-hydrogen) atoms. The summed E-state index contributed by atoms with van der Waals surface area (Å²) in [6.07, 6.45) is 0.102. The molecule has 1 aromatic carbocycles. The number of methoxy groups -OCH3 is 1. The van der Waals surface area contributed by atoms with Gasteiger partial charge in [0.15, 0.2) is 11.6 Å². The van der Waals surface area contributed by atoms with Crippen molar-refractivity contribution in [2.75, 3.05) is 12.4 Å². The minimum absolute atomic E-state index is 0.0818. The van der Waals surface area contributed by atoms with Crippen LogP contribution in [0.5, 0.6) is 5.75 Å². The van der Waals surface area contributed by atoms with Crippen LogP contribution >= 0.6 is 0 Å². The highest BCUT2D eigenvalue weighted by Gasteiger charge is 2.07. The van der Waals surface area contributed by atoms with E-state index in [-0.39, 0.29) is 18.1 Å². The lowest BCUT2D eigenvalue weighted by molar-refractivity contribution is -0.116. The minimum Gasteiger partial charge on any atom is -0.494 e. The Bertz CT molecular complexity index is 393. The number of anilines is 1. The summed E-state index contributed by atoms with van der Waals surface area (Å²) in [5, 5.41) is 11.6. The molecule has 0 aliphatic rings. The predicted octanol–water partition coefficient (Wildman–Crippen LogP) is 1.93. The van der Waals surface area contributed by atoms with Crippen molar-refractivity contribution >= 4 is 11.6 Å². The summed E-state index contributed by atoms with van der Waals surface area (Å²) in [5.41, 5.74) is 0.471. The Hall–Kier alpha value is -1.62. The van der Waals surface area contributed by atoms with Crippen LogP contribution in [0.25, 0.3) is 0 Å². The standard InChI is InChI=1S/C12H16FNO3/c1-8(15)3-6-12(16)14-9-4-5-10(13)11(7-9)17-2/h4-5,7-8,15H,3,6H2,1-2H3,(H,14,16). The maximum Gasteiger partial charge on any atom is 0.224 e. The normalized spacial score (nSPS) is 12.0. The van der Waals surface area contributed by atoms with Gasteiger partial charge < -0.3 is 15.2 Å². The molecule has 0 aliphatic carbocycles. The van der Waals surface area contributed by atoms with Crippen molar-refractivity contribution in [3.63, 3.8) is 0 Å². The van der Waals surface area contributed by atoms with Gasteiger partial charge >= 0.3 is 0 Å². The first-order valence-electron chi connectivity index (χ1n) is 5.34. The molecule has 0 spiro atoms. The molecule has 0 fully saturated rings. The van der Waals surface area contributed by atoms with Crippen LogP contribution in [0.1, 0.15) is 19.8 Å². The lowest BCUT2D eigenvalue weighted by Crippen LogP contribution is -2.14. The number of hydrogen-bond acceptors (Lipinski definition) is 3. The van der Waals surface area contributed by atoms with Crippen LogP contribution in [0.15, 0.2) is 18.2 Å². The number of aliphatic hydroxyl groups excluding tert-OH is 1. The van der Waals surface area contributed by atoms with Crippen molar-refractivity contribution in [2.24, 2.45) is 0 Å². The second-order valence-corrected chi connectivity index (χ2v) is 3.79. The van der Waals surface area contributed by atoms with E-state index in [1.807, 2.05) is 0 Å². The summed E-state index contributed by atoms with van der Waals surface area (Å²) in [7, 11) is 1.36. The number of benzene rings is 1. The molecule has 1 rings (SSSR count). The molecule has 5 heteroatoms. The van der Waals surface area contributed by atoms with Crippen molar-refractivity contribution < 1.29 is 19.0 Å². The Morgan fingerprint density at radius 3 is 2.88 bits per heavy atom. The molecule has 0 aromatic heterocycles. The van der Waals surface area contributed by atoms with Crippen molar-refractivity contribution in [3.8, 4) is 5.75 Å². The van der Waals surface area contributed by atoms with E-state index in [9.17, 15) is 9.18 Å². The maximum atomic E-state index is 13.1. The van der Waals surface area contributed by atoms with Gasteiger partial charge in [-0.1, -0.05) is 0 Å². The van der Waals surface area contributed by atoms with Crippen LogP contribution in [0.2, 0.25) is 0 Å². The topological polar surface area (TPSA) is 58.6 Å². The van der Waals surface area contributed by atoms with Crippen LogP contribution in [0, 0.1) is 5.82 Å². The fourth-order valence-corrected chi connectivity index (χ4v) is 1.30. The summed E-state index contributed by atoms with van der Waals surface area (Å²) < 4.78 is 17.9. The van der Waals surface area contributed by atoms with Crippen molar-refractivity contribution in [3.05, 3.63) is 24.0 Å². The second-order valence-electron chi connectivity index (χ2n) is 3.79. The maximum absolute atomic E-state index is 13.1. The van der Waals surface area contributed by atoms with Gasteiger partial charge in [0.1, 0.15) is 0 Å². The van der Waals surface area contributed by atoms with E-state index in [4.69, 9.17) is 9.84 Å². The molecular formula is C12H16FNO3. The predicted molar refractivity (Wildman–Crippen MR) is 62.5 cm³/mol. The molecule has 0 radical (unpaired) electrons.